The van der Waals surface area contributed by atoms with Crippen molar-refractivity contribution < 1.29 is 31.9 Å². The fourth-order valence-corrected chi connectivity index (χ4v) is 3.69. The van der Waals surface area contributed by atoms with Crippen LogP contribution in [0.2, 0.25) is 0 Å². The van der Waals surface area contributed by atoms with E-state index in [4.69, 9.17) is 9.47 Å². The molecule has 0 aliphatic carbocycles. The van der Waals surface area contributed by atoms with Crippen LogP contribution in [0.1, 0.15) is 27.6 Å². The van der Waals surface area contributed by atoms with Crippen LogP contribution in [-0.4, -0.2) is 33.9 Å². The van der Waals surface area contributed by atoms with E-state index in [1.165, 1.54) is 55.6 Å². The summed E-state index contributed by atoms with van der Waals surface area (Å²) in [5.74, 6) is -0.864. The van der Waals surface area contributed by atoms with Crippen molar-refractivity contribution in [1.29, 1.82) is 0 Å². The van der Waals surface area contributed by atoms with Crippen molar-refractivity contribution in [2.24, 2.45) is 0 Å². The van der Waals surface area contributed by atoms with Gasteiger partial charge in [0.15, 0.2) is 11.5 Å². The number of nitrogens with one attached hydrogen (secondary N) is 3. The number of amides is 2. The Bertz CT molecular complexity index is 1280. The van der Waals surface area contributed by atoms with E-state index >= 15 is 0 Å². The molecule has 3 N–H and O–H groups in total. The fourth-order valence-electron chi connectivity index (χ4n) is 2.85. The molecule has 3 rings (SSSR count). The maximum atomic E-state index is 13.0. The van der Waals surface area contributed by atoms with E-state index in [1.54, 1.807) is 13.0 Å². The smallest absolute Gasteiger partial charge is 0.266 e. The molecule has 34 heavy (non-hydrogen) atoms. The number of methoxy groups -OCH3 is 1. The first-order valence-electron chi connectivity index (χ1n) is 10.0. The topological polar surface area (TPSA) is 123 Å². The number of hydrazine groups is 1. The molecule has 0 radical (unpaired) electrons. The summed E-state index contributed by atoms with van der Waals surface area (Å²) in [4.78, 5) is 26.5. The zero-order valence-electron chi connectivity index (χ0n) is 18.3. The van der Waals surface area contributed by atoms with Crippen molar-refractivity contribution in [2.75, 3.05) is 19.0 Å². The third-order valence-electron chi connectivity index (χ3n) is 4.55. The van der Waals surface area contributed by atoms with E-state index in [0.717, 1.165) is 12.1 Å². The Hall–Kier alpha value is -3.96. The van der Waals surface area contributed by atoms with E-state index in [0.29, 0.717) is 23.8 Å². The summed E-state index contributed by atoms with van der Waals surface area (Å²) in [7, 11) is -2.67. The molecular formula is C23H22FN3O6S. The molecule has 178 valence electrons. The van der Waals surface area contributed by atoms with Crippen LogP contribution in [0.5, 0.6) is 11.5 Å². The van der Waals surface area contributed by atoms with Crippen molar-refractivity contribution >= 4 is 27.5 Å². The number of carbonyl (C=O) groups is 2. The second-order valence-corrected chi connectivity index (χ2v) is 8.53. The summed E-state index contributed by atoms with van der Waals surface area (Å²) in [6, 6.07) is 14.7. The molecule has 3 aromatic carbocycles. The van der Waals surface area contributed by atoms with Crippen LogP contribution in [-0.2, 0) is 10.0 Å². The van der Waals surface area contributed by atoms with Crippen LogP contribution < -0.4 is 25.0 Å². The number of hydrogen-bond acceptors (Lipinski definition) is 6. The maximum Gasteiger partial charge on any atom is 0.266 e. The summed E-state index contributed by atoms with van der Waals surface area (Å²) < 4.78 is 48.6. The minimum Gasteiger partial charge on any atom is -0.493 e. The van der Waals surface area contributed by atoms with Gasteiger partial charge in [0.05, 0.1) is 18.6 Å². The predicted molar refractivity (Wildman–Crippen MR) is 123 cm³/mol. The quantitative estimate of drug-likeness (QED) is 0.399. The number of benzene rings is 3. The number of carbonyl (C=O) groups excluding carboxylic acids is 2. The van der Waals surface area contributed by atoms with Gasteiger partial charge in [0.25, 0.3) is 21.8 Å². The van der Waals surface area contributed by atoms with Crippen LogP contribution in [0, 0.1) is 5.82 Å². The Morgan fingerprint density at radius 3 is 2.15 bits per heavy atom. The molecule has 0 bridgehead atoms. The Morgan fingerprint density at radius 1 is 0.882 bits per heavy atom. The van der Waals surface area contributed by atoms with E-state index in [2.05, 4.69) is 10.7 Å². The Labute approximate surface area is 195 Å². The van der Waals surface area contributed by atoms with Gasteiger partial charge in [-0.3, -0.25) is 15.0 Å². The zero-order chi connectivity index (χ0) is 24.7. The third kappa shape index (κ3) is 6.09. The number of sulfonamides is 1. The average molecular weight is 488 g/mol. The Morgan fingerprint density at radius 2 is 1.53 bits per heavy atom. The molecule has 0 aliphatic rings. The molecule has 0 saturated heterocycles. The van der Waals surface area contributed by atoms with Gasteiger partial charge >= 0.3 is 0 Å². The van der Waals surface area contributed by atoms with Crippen LogP contribution in [0.15, 0.2) is 71.6 Å². The minimum atomic E-state index is -4.09. The molecule has 0 fully saturated rings. The van der Waals surface area contributed by atoms with Crippen molar-refractivity contribution in [3.05, 3.63) is 83.7 Å². The summed E-state index contributed by atoms with van der Waals surface area (Å²) in [6.45, 7) is 2.22. The molecule has 2 amide bonds. The molecular weight excluding hydrogens is 465 g/mol. The van der Waals surface area contributed by atoms with Gasteiger partial charge in [0.1, 0.15) is 5.82 Å². The van der Waals surface area contributed by atoms with Crippen LogP contribution in [0.4, 0.5) is 10.1 Å². The highest BCUT2D eigenvalue weighted by molar-refractivity contribution is 7.89. The lowest BCUT2D eigenvalue weighted by Crippen LogP contribution is -2.41. The second-order valence-electron chi connectivity index (χ2n) is 6.84. The van der Waals surface area contributed by atoms with Crippen LogP contribution >= 0.6 is 0 Å². The Kier molecular flexibility index (Phi) is 7.82. The SMILES string of the molecule is CCOc1ccc(C(=O)NNS(=O)(=O)c2ccc(NC(=O)c3ccc(F)cc3)cc2)cc1OC. The first kappa shape index (κ1) is 24.7. The first-order chi connectivity index (χ1) is 16.2. The van der Waals surface area contributed by atoms with Gasteiger partial charge in [-0.15, -0.1) is 4.83 Å². The van der Waals surface area contributed by atoms with E-state index in [1.807, 2.05) is 4.83 Å². The van der Waals surface area contributed by atoms with Gasteiger partial charge in [0.2, 0.25) is 0 Å². The lowest BCUT2D eigenvalue weighted by molar-refractivity contribution is 0.0944. The van der Waals surface area contributed by atoms with E-state index < -0.39 is 27.7 Å². The number of ether oxygens (including phenoxy) is 2. The van der Waals surface area contributed by atoms with Crippen LogP contribution in [0.3, 0.4) is 0 Å². The lowest BCUT2D eigenvalue weighted by atomic mass is 10.2. The fraction of sp³-hybridized carbons (Fsp3) is 0.130. The van der Waals surface area contributed by atoms with Gasteiger partial charge in [-0.1, -0.05) is 0 Å². The van der Waals surface area contributed by atoms with Gasteiger partial charge in [0, 0.05) is 16.8 Å². The van der Waals surface area contributed by atoms with Crippen molar-refractivity contribution in [3.63, 3.8) is 0 Å². The number of halogens is 1. The second kappa shape index (κ2) is 10.8. The molecule has 9 nitrogen and oxygen atoms in total. The molecule has 0 heterocycles. The molecule has 0 saturated carbocycles. The molecule has 0 spiro atoms. The zero-order valence-corrected chi connectivity index (χ0v) is 19.1. The number of anilines is 1. The molecule has 0 unspecified atom stereocenters. The average Bonchev–Trinajstić information content (AvgIpc) is 2.83. The predicted octanol–water partition coefficient (Wildman–Crippen LogP) is 3.11. The summed E-state index contributed by atoms with van der Waals surface area (Å²) >= 11 is 0. The largest absolute Gasteiger partial charge is 0.493 e. The van der Waals surface area contributed by atoms with Gasteiger partial charge in [-0.2, -0.15) is 0 Å². The maximum absolute atomic E-state index is 13.0. The van der Waals surface area contributed by atoms with Gasteiger partial charge in [-0.05, 0) is 73.7 Å². The summed E-state index contributed by atoms with van der Waals surface area (Å²) in [5, 5.41) is 2.58. The molecule has 0 atom stereocenters. The molecule has 0 aromatic heterocycles. The molecule has 11 heteroatoms. The summed E-state index contributed by atoms with van der Waals surface area (Å²) in [6.07, 6.45) is 0. The highest BCUT2D eigenvalue weighted by Crippen LogP contribution is 2.28. The highest BCUT2D eigenvalue weighted by Gasteiger charge is 2.17. The van der Waals surface area contributed by atoms with Crippen molar-refractivity contribution in [3.8, 4) is 11.5 Å². The van der Waals surface area contributed by atoms with Gasteiger partial charge < -0.3 is 14.8 Å². The lowest BCUT2D eigenvalue weighted by Gasteiger charge is -2.12. The highest BCUT2D eigenvalue weighted by atomic mass is 32.2. The number of hydrogen-bond donors (Lipinski definition) is 3. The van der Waals surface area contributed by atoms with Crippen LogP contribution in [0.25, 0.3) is 0 Å². The molecule has 3 aromatic rings. The minimum absolute atomic E-state index is 0.142. The Balaban J connectivity index is 1.63. The van der Waals surface area contributed by atoms with Gasteiger partial charge in [-0.25, -0.2) is 12.8 Å². The normalized spacial score (nSPS) is 10.9. The van der Waals surface area contributed by atoms with E-state index in [-0.39, 0.29) is 16.0 Å². The summed E-state index contributed by atoms with van der Waals surface area (Å²) in [5.41, 5.74) is 2.87. The van der Waals surface area contributed by atoms with Crippen molar-refractivity contribution in [2.45, 2.75) is 11.8 Å². The third-order valence-corrected chi connectivity index (χ3v) is 5.82. The van der Waals surface area contributed by atoms with E-state index in [9.17, 15) is 22.4 Å². The number of rotatable bonds is 9. The van der Waals surface area contributed by atoms with Crippen molar-refractivity contribution in [1.82, 2.24) is 10.3 Å². The standard InChI is InChI=1S/C23H22FN3O6S/c1-3-33-20-13-6-16(14-21(20)32-2)23(29)26-27-34(30,31)19-11-9-18(10-12-19)25-22(28)15-4-7-17(24)8-5-15/h4-14,27H,3H2,1-2H3,(H,25,28)(H,26,29). The monoisotopic (exact) mass is 487 g/mol. The first-order valence-corrected chi connectivity index (χ1v) is 11.5. The molecule has 0 aliphatic heterocycles.